The fourth-order valence-electron chi connectivity index (χ4n) is 4.07. The van der Waals surface area contributed by atoms with E-state index in [1.807, 2.05) is 35.2 Å². The SMILES string of the molecule is CN(c1ccccc1)c1ccc(S(=O)(=O)Nc2ccccc2)cc1CC(=O)Cc1cccc(C(F)(F)F)c1. The van der Waals surface area contributed by atoms with E-state index in [-0.39, 0.29) is 29.1 Å². The Hall–Kier alpha value is -4.11. The Morgan fingerprint density at radius 2 is 1.47 bits per heavy atom. The summed E-state index contributed by atoms with van der Waals surface area (Å²) < 4.78 is 68.1. The first kappa shape index (κ1) is 26.9. The van der Waals surface area contributed by atoms with Gasteiger partial charge in [-0.25, -0.2) is 8.42 Å². The Morgan fingerprint density at radius 1 is 0.816 bits per heavy atom. The molecule has 4 rings (SSSR count). The average molecular weight is 539 g/mol. The molecule has 38 heavy (non-hydrogen) atoms. The molecule has 0 unspecified atom stereocenters. The Morgan fingerprint density at radius 3 is 2.13 bits per heavy atom. The third kappa shape index (κ3) is 6.60. The number of benzene rings is 4. The number of nitrogens with zero attached hydrogens (tertiary/aromatic N) is 1. The van der Waals surface area contributed by atoms with Gasteiger partial charge in [0.1, 0.15) is 5.78 Å². The van der Waals surface area contributed by atoms with Gasteiger partial charge in [0.2, 0.25) is 0 Å². The summed E-state index contributed by atoms with van der Waals surface area (Å²) in [5.74, 6) is -0.349. The van der Waals surface area contributed by atoms with Gasteiger partial charge in [0.15, 0.2) is 0 Å². The van der Waals surface area contributed by atoms with Gasteiger partial charge >= 0.3 is 6.18 Å². The van der Waals surface area contributed by atoms with Crippen molar-refractivity contribution in [3.05, 3.63) is 120 Å². The lowest BCUT2D eigenvalue weighted by molar-refractivity contribution is -0.137. The molecule has 9 heteroatoms. The number of halogens is 3. The molecule has 0 radical (unpaired) electrons. The van der Waals surface area contributed by atoms with Gasteiger partial charge in [-0.1, -0.05) is 54.6 Å². The van der Waals surface area contributed by atoms with E-state index in [1.165, 1.54) is 24.3 Å². The van der Waals surface area contributed by atoms with Gasteiger partial charge in [0, 0.05) is 37.0 Å². The van der Waals surface area contributed by atoms with Crippen LogP contribution in [0.4, 0.5) is 30.2 Å². The predicted octanol–water partition coefficient (Wildman–Crippen LogP) is 6.63. The number of para-hydroxylation sites is 2. The number of sulfonamides is 1. The third-order valence-electron chi connectivity index (χ3n) is 5.94. The van der Waals surface area contributed by atoms with E-state index in [2.05, 4.69) is 4.72 Å². The Balaban J connectivity index is 1.66. The summed E-state index contributed by atoms with van der Waals surface area (Å²) in [5, 5.41) is 0. The molecule has 0 fully saturated rings. The topological polar surface area (TPSA) is 66.5 Å². The minimum absolute atomic E-state index is 0.0339. The normalized spacial score (nSPS) is 11.7. The molecule has 4 aromatic rings. The number of Topliss-reactive ketones (excluding diaryl/α,β-unsaturated/α-hetero) is 1. The van der Waals surface area contributed by atoms with E-state index in [9.17, 15) is 26.4 Å². The van der Waals surface area contributed by atoms with Crippen LogP contribution in [0.25, 0.3) is 0 Å². The molecular weight excluding hydrogens is 513 g/mol. The maximum absolute atomic E-state index is 13.1. The summed E-state index contributed by atoms with van der Waals surface area (Å²) in [6, 6.07) is 26.9. The molecule has 0 saturated heterocycles. The fourth-order valence-corrected chi connectivity index (χ4v) is 5.18. The average Bonchev–Trinajstić information content (AvgIpc) is 2.89. The molecule has 1 N–H and O–H groups in total. The van der Waals surface area contributed by atoms with E-state index in [0.717, 1.165) is 17.8 Å². The third-order valence-corrected chi connectivity index (χ3v) is 7.31. The van der Waals surface area contributed by atoms with Crippen LogP contribution in [0.15, 0.2) is 108 Å². The van der Waals surface area contributed by atoms with Crippen LogP contribution in [0.3, 0.4) is 0 Å². The number of hydrogen-bond acceptors (Lipinski definition) is 4. The zero-order valence-corrected chi connectivity index (χ0v) is 21.3. The van der Waals surface area contributed by atoms with Crippen LogP contribution >= 0.6 is 0 Å². The van der Waals surface area contributed by atoms with Crippen LogP contribution < -0.4 is 9.62 Å². The number of carbonyl (C=O) groups is 1. The van der Waals surface area contributed by atoms with Crippen molar-refractivity contribution in [1.82, 2.24) is 0 Å². The number of ketones is 1. The number of alkyl halides is 3. The highest BCUT2D eigenvalue weighted by Crippen LogP contribution is 2.32. The molecule has 0 heterocycles. The molecule has 0 aliphatic rings. The first-order valence-electron chi connectivity index (χ1n) is 11.7. The van der Waals surface area contributed by atoms with Crippen LogP contribution in [0.1, 0.15) is 16.7 Å². The molecular formula is C29H25F3N2O3S. The van der Waals surface area contributed by atoms with Gasteiger partial charge < -0.3 is 4.90 Å². The summed E-state index contributed by atoms with van der Waals surface area (Å²) in [6.45, 7) is 0. The fraction of sp³-hybridized carbons (Fsp3) is 0.138. The summed E-state index contributed by atoms with van der Waals surface area (Å²) in [5.41, 5.74) is 1.65. The molecule has 4 aromatic carbocycles. The molecule has 0 saturated carbocycles. The predicted molar refractivity (Wildman–Crippen MR) is 142 cm³/mol. The van der Waals surface area contributed by atoms with Crippen molar-refractivity contribution in [3.8, 4) is 0 Å². The van der Waals surface area contributed by atoms with E-state index in [1.54, 1.807) is 43.4 Å². The monoisotopic (exact) mass is 538 g/mol. The van der Waals surface area contributed by atoms with E-state index >= 15 is 0 Å². The number of anilines is 3. The number of hydrogen-bond donors (Lipinski definition) is 1. The van der Waals surface area contributed by atoms with Gasteiger partial charge in [-0.3, -0.25) is 9.52 Å². The van der Waals surface area contributed by atoms with Gasteiger partial charge in [0.05, 0.1) is 10.5 Å². The highest BCUT2D eigenvalue weighted by Gasteiger charge is 2.30. The standard InChI is InChI=1S/C29H25F3N2O3S/c1-34(25-13-6-3-7-14-25)28-16-15-27(38(36,37)33-24-11-4-2-5-12-24)20-22(28)19-26(35)18-21-9-8-10-23(17-21)29(30,31)32/h2-17,20,33H,18-19H2,1H3. The molecule has 0 atom stereocenters. The summed E-state index contributed by atoms with van der Waals surface area (Å²) in [7, 11) is -2.17. The van der Waals surface area contributed by atoms with Crippen molar-refractivity contribution in [2.75, 3.05) is 16.7 Å². The molecule has 0 aliphatic heterocycles. The zero-order chi connectivity index (χ0) is 27.3. The highest BCUT2D eigenvalue weighted by atomic mass is 32.2. The Kier molecular flexibility index (Phi) is 7.87. The Labute approximate surface area is 219 Å². The van der Waals surface area contributed by atoms with Crippen molar-refractivity contribution in [1.29, 1.82) is 0 Å². The van der Waals surface area contributed by atoms with Gasteiger partial charge in [0.25, 0.3) is 10.0 Å². The van der Waals surface area contributed by atoms with Crippen molar-refractivity contribution in [2.45, 2.75) is 23.9 Å². The van der Waals surface area contributed by atoms with Crippen molar-refractivity contribution in [3.63, 3.8) is 0 Å². The lowest BCUT2D eigenvalue weighted by atomic mass is 9.99. The van der Waals surface area contributed by atoms with Crippen LogP contribution in [0.2, 0.25) is 0 Å². The second kappa shape index (κ2) is 11.1. The minimum Gasteiger partial charge on any atom is -0.344 e. The smallest absolute Gasteiger partial charge is 0.344 e. The zero-order valence-electron chi connectivity index (χ0n) is 20.4. The van der Waals surface area contributed by atoms with E-state index in [4.69, 9.17) is 0 Å². The molecule has 0 spiro atoms. The molecule has 5 nitrogen and oxygen atoms in total. The van der Waals surface area contributed by atoms with Crippen LogP contribution in [0, 0.1) is 0 Å². The maximum Gasteiger partial charge on any atom is 0.416 e. The second-order valence-corrected chi connectivity index (χ2v) is 10.4. The van der Waals surface area contributed by atoms with Crippen LogP contribution in [0.5, 0.6) is 0 Å². The molecule has 0 bridgehead atoms. The number of carbonyl (C=O) groups excluding carboxylic acids is 1. The second-order valence-electron chi connectivity index (χ2n) is 8.75. The van der Waals surface area contributed by atoms with Gasteiger partial charge in [-0.2, -0.15) is 13.2 Å². The number of rotatable bonds is 9. The quantitative estimate of drug-likeness (QED) is 0.260. The lowest BCUT2D eigenvalue weighted by Crippen LogP contribution is -2.17. The van der Waals surface area contributed by atoms with Crippen LogP contribution in [-0.2, 0) is 33.8 Å². The summed E-state index contributed by atoms with van der Waals surface area (Å²) in [4.78, 5) is 14.8. The van der Waals surface area contributed by atoms with Crippen molar-refractivity contribution >= 4 is 32.9 Å². The lowest BCUT2D eigenvalue weighted by Gasteiger charge is -2.23. The highest BCUT2D eigenvalue weighted by molar-refractivity contribution is 7.92. The maximum atomic E-state index is 13.1. The van der Waals surface area contributed by atoms with Crippen molar-refractivity contribution < 1.29 is 26.4 Å². The Bertz CT molecular complexity index is 1520. The van der Waals surface area contributed by atoms with Crippen molar-refractivity contribution in [2.24, 2.45) is 0 Å². The summed E-state index contributed by atoms with van der Waals surface area (Å²) in [6.07, 6.45) is -4.91. The molecule has 0 aliphatic carbocycles. The van der Waals surface area contributed by atoms with Crippen LogP contribution in [-0.4, -0.2) is 21.2 Å². The minimum atomic E-state index is -4.51. The number of nitrogens with one attached hydrogen (secondary N) is 1. The van der Waals surface area contributed by atoms with Gasteiger partial charge in [-0.15, -0.1) is 0 Å². The summed E-state index contributed by atoms with van der Waals surface area (Å²) >= 11 is 0. The molecule has 196 valence electrons. The largest absolute Gasteiger partial charge is 0.416 e. The molecule has 0 amide bonds. The van der Waals surface area contributed by atoms with E-state index in [0.29, 0.717) is 16.9 Å². The first-order chi connectivity index (χ1) is 18.0. The van der Waals surface area contributed by atoms with E-state index < -0.39 is 21.8 Å². The molecule has 0 aromatic heterocycles. The van der Waals surface area contributed by atoms with Gasteiger partial charge in [-0.05, 0) is 59.7 Å². The first-order valence-corrected chi connectivity index (χ1v) is 13.2.